The van der Waals surface area contributed by atoms with Crippen molar-refractivity contribution in [2.45, 2.75) is 18.8 Å². The Bertz CT molecular complexity index is 345. The molecule has 1 atom stereocenters. The van der Waals surface area contributed by atoms with Gasteiger partial charge < -0.3 is 15.2 Å². The lowest BCUT2D eigenvalue weighted by Gasteiger charge is -2.21. The van der Waals surface area contributed by atoms with Crippen LogP contribution < -0.4 is 5.73 Å². The molecular weight excluding hydrogens is 277 g/mol. The van der Waals surface area contributed by atoms with Crippen LogP contribution in [0, 0.1) is 5.82 Å². The zero-order valence-corrected chi connectivity index (χ0v) is 10.8. The van der Waals surface area contributed by atoms with Crippen molar-refractivity contribution in [3.8, 4) is 0 Å². The van der Waals surface area contributed by atoms with E-state index in [-0.39, 0.29) is 5.82 Å². The minimum absolute atomic E-state index is 0.282. The molecule has 0 amide bonds. The summed E-state index contributed by atoms with van der Waals surface area (Å²) < 4.78 is 24.3. The van der Waals surface area contributed by atoms with E-state index in [0.29, 0.717) is 16.5 Å². The third kappa shape index (κ3) is 3.52. The topological polar surface area (TPSA) is 44.5 Å². The number of benzene rings is 1. The highest BCUT2D eigenvalue weighted by Gasteiger charge is 2.18. The zero-order valence-electron chi connectivity index (χ0n) is 9.24. The lowest BCUT2D eigenvalue weighted by molar-refractivity contribution is -0.116. The van der Waals surface area contributed by atoms with E-state index < -0.39 is 12.3 Å². The van der Waals surface area contributed by atoms with Gasteiger partial charge in [0.1, 0.15) is 5.82 Å². The zero-order chi connectivity index (χ0) is 12.1. The smallest absolute Gasteiger partial charge is 0.172 e. The molecule has 0 radical (unpaired) electrons. The van der Waals surface area contributed by atoms with Gasteiger partial charge in [-0.2, -0.15) is 0 Å². The number of halogens is 2. The average molecular weight is 292 g/mol. The third-order valence-corrected chi connectivity index (χ3v) is 2.78. The number of hydrogen-bond donors (Lipinski definition) is 1. The van der Waals surface area contributed by atoms with E-state index in [4.69, 9.17) is 15.2 Å². The summed E-state index contributed by atoms with van der Waals surface area (Å²) in [6, 6.07) is 4.49. The third-order valence-electron chi connectivity index (χ3n) is 2.28. The minimum Gasteiger partial charge on any atom is -0.354 e. The van der Waals surface area contributed by atoms with E-state index >= 15 is 0 Å². The Morgan fingerprint density at radius 2 is 2.00 bits per heavy atom. The Kier molecular flexibility index (Phi) is 5.34. The summed E-state index contributed by atoms with van der Waals surface area (Å²) in [4.78, 5) is 0. The standard InChI is InChI=1S/C11H15BrFNO2/c1-15-11(16-2)10(14)5-7-3-4-8(12)6-9(7)13/h3-4,6,10-11H,5,14H2,1-2H3. The first-order valence-electron chi connectivity index (χ1n) is 4.83. The SMILES string of the molecule is COC(OC)C(N)Cc1ccc(Br)cc1F. The van der Waals surface area contributed by atoms with Crippen LogP contribution in [0.1, 0.15) is 5.56 Å². The second-order valence-corrected chi connectivity index (χ2v) is 4.36. The van der Waals surface area contributed by atoms with Crippen LogP contribution in [0.15, 0.2) is 22.7 Å². The molecule has 0 heterocycles. The molecule has 16 heavy (non-hydrogen) atoms. The van der Waals surface area contributed by atoms with Gasteiger partial charge in [0.2, 0.25) is 0 Å². The second kappa shape index (κ2) is 6.30. The molecule has 1 aromatic rings. The normalized spacial score (nSPS) is 13.1. The molecule has 1 rings (SSSR count). The summed E-state index contributed by atoms with van der Waals surface area (Å²) in [6.07, 6.45) is -0.158. The molecule has 0 spiro atoms. The van der Waals surface area contributed by atoms with Crippen LogP contribution in [0.25, 0.3) is 0 Å². The van der Waals surface area contributed by atoms with Crippen molar-refractivity contribution in [2.75, 3.05) is 14.2 Å². The summed E-state index contributed by atoms with van der Waals surface area (Å²) in [5.74, 6) is -0.282. The Hall–Kier alpha value is -0.490. The number of hydrogen-bond acceptors (Lipinski definition) is 3. The molecule has 0 aromatic heterocycles. The molecule has 2 N–H and O–H groups in total. The molecule has 90 valence electrons. The molecule has 0 aliphatic rings. The number of nitrogens with two attached hydrogens (primary N) is 1. The van der Waals surface area contributed by atoms with E-state index in [9.17, 15) is 4.39 Å². The molecule has 0 fully saturated rings. The van der Waals surface area contributed by atoms with Crippen molar-refractivity contribution >= 4 is 15.9 Å². The molecule has 0 saturated heterocycles. The van der Waals surface area contributed by atoms with Gasteiger partial charge in [0.15, 0.2) is 6.29 Å². The van der Waals surface area contributed by atoms with Crippen molar-refractivity contribution in [1.29, 1.82) is 0 Å². The van der Waals surface area contributed by atoms with Crippen LogP contribution in [0.3, 0.4) is 0 Å². The molecule has 0 aliphatic carbocycles. The number of ether oxygens (including phenoxy) is 2. The van der Waals surface area contributed by atoms with E-state index in [1.807, 2.05) is 0 Å². The average Bonchev–Trinajstić information content (AvgIpc) is 2.24. The highest BCUT2D eigenvalue weighted by molar-refractivity contribution is 9.10. The summed E-state index contributed by atoms with van der Waals surface area (Å²) in [7, 11) is 3.01. The fourth-order valence-corrected chi connectivity index (χ4v) is 1.82. The maximum Gasteiger partial charge on any atom is 0.172 e. The van der Waals surface area contributed by atoms with Crippen molar-refractivity contribution in [1.82, 2.24) is 0 Å². The van der Waals surface area contributed by atoms with Gasteiger partial charge in [0.05, 0.1) is 6.04 Å². The van der Waals surface area contributed by atoms with Crippen LogP contribution in [-0.4, -0.2) is 26.6 Å². The highest BCUT2D eigenvalue weighted by Crippen LogP contribution is 2.17. The van der Waals surface area contributed by atoms with E-state index in [1.165, 1.54) is 20.3 Å². The van der Waals surface area contributed by atoms with Gasteiger partial charge >= 0.3 is 0 Å². The predicted molar refractivity (Wildman–Crippen MR) is 63.6 cm³/mol. The van der Waals surface area contributed by atoms with Gasteiger partial charge in [-0.05, 0) is 24.1 Å². The Morgan fingerprint density at radius 1 is 1.38 bits per heavy atom. The van der Waals surface area contributed by atoms with E-state index in [0.717, 1.165) is 0 Å². The van der Waals surface area contributed by atoms with Crippen molar-refractivity contribution < 1.29 is 13.9 Å². The van der Waals surface area contributed by atoms with Crippen LogP contribution >= 0.6 is 15.9 Å². The van der Waals surface area contributed by atoms with E-state index in [2.05, 4.69) is 15.9 Å². The van der Waals surface area contributed by atoms with Crippen molar-refractivity contribution in [3.63, 3.8) is 0 Å². The summed E-state index contributed by atoms with van der Waals surface area (Å²) in [5, 5.41) is 0. The van der Waals surface area contributed by atoms with Crippen molar-refractivity contribution in [3.05, 3.63) is 34.1 Å². The van der Waals surface area contributed by atoms with Gasteiger partial charge in [-0.3, -0.25) is 0 Å². The fraction of sp³-hybridized carbons (Fsp3) is 0.455. The molecule has 5 heteroatoms. The summed E-state index contributed by atoms with van der Waals surface area (Å²) >= 11 is 3.20. The minimum atomic E-state index is -0.525. The molecule has 1 aromatic carbocycles. The first-order valence-corrected chi connectivity index (χ1v) is 5.63. The Balaban J connectivity index is 2.72. The molecule has 0 aliphatic heterocycles. The number of rotatable bonds is 5. The lowest BCUT2D eigenvalue weighted by Crippen LogP contribution is -2.39. The maximum atomic E-state index is 13.5. The summed E-state index contributed by atoms with van der Waals surface area (Å²) in [6.45, 7) is 0. The van der Waals surface area contributed by atoms with Gasteiger partial charge in [0.25, 0.3) is 0 Å². The molecular formula is C11H15BrFNO2. The fourth-order valence-electron chi connectivity index (χ4n) is 1.48. The van der Waals surface area contributed by atoms with Crippen LogP contribution in [-0.2, 0) is 15.9 Å². The first-order chi connectivity index (χ1) is 7.58. The van der Waals surface area contributed by atoms with E-state index in [1.54, 1.807) is 12.1 Å². The Labute approximate surface area is 103 Å². The molecule has 0 bridgehead atoms. The highest BCUT2D eigenvalue weighted by atomic mass is 79.9. The predicted octanol–water partition coefficient (Wildman–Crippen LogP) is 2.08. The second-order valence-electron chi connectivity index (χ2n) is 3.44. The van der Waals surface area contributed by atoms with Gasteiger partial charge in [-0.1, -0.05) is 22.0 Å². The van der Waals surface area contributed by atoms with Crippen LogP contribution in [0.2, 0.25) is 0 Å². The largest absolute Gasteiger partial charge is 0.354 e. The van der Waals surface area contributed by atoms with Gasteiger partial charge in [-0.15, -0.1) is 0 Å². The lowest BCUT2D eigenvalue weighted by atomic mass is 10.1. The monoisotopic (exact) mass is 291 g/mol. The number of methoxy groups -OCH3 is 2. The summed E-state index contributed by atoms with van der Waals surface area (Å²) in [5.41, 5.74) is 6.40. The molecule has 3 nitrogen and oxygen atoms in total. The maximum absolute atomic E-state index is 13.5. The van der Waals surface area contributed by atoms with Gasteiger partial charge in [0, 0.05) is 18.7 Å². The molecule has 0 saturated carbocycles. The molecule has 1 unspecified atom stereocenters. The first kappa shape index (κ1) is 13.6. The van der Waals surface area contributed by atoms with Crippen LogP contribution in [0.4, 0.5) is 4.39 Å². The van der Waals surface area contributed by atoms with Crippen LogP contribution in [0.5, 0.6) is 0 Å². The van der Waals surface area contributed by atoms with Crippen molar-refractivity contribution in [2.24, 2.45) is 5.73 Å². The Morgan fingerprint density at radius 3 is 2.50 bits per heavy atom. The quantitative estimate of drug-likeness (QED) is 0.845. The van der Waals surface area contributed by atoms with Gasteiger partial charge in [-0.25, -0.2) is 4.39 Å².